The highest BCUT2D eigenvalue weighted by Gasteiger charge is 2.33. The Balaban J connectivity index is 0.000000449. The molecule has 0 aliphatic carbocycles. The molecule has 4 rings (SSSR count). The molecule has 3 aliphatic rings. The predicted molar refractivity (Wildman–Crippen MR) is 163 cm³/mol. The summed E-state index contributed by atoms with van der Waals surface area (Å²) in [7, 11) is 4.35. The van der Waals surface area contributed by atoms with Crippen molar-refractivity contribution < 1.29 is 14.3 Å². The molecule has 0 saturated carbocycles. The Hall–Kier alpha value is -2.30. The zero-order valence-electron chi connectivity index (χ0n) is 24.8. The van der Waals surface area contributed by atoms with E-state index < -0.39 is 5.60 Å². The lowest BCUT2D eigenvalue weighted by atomic mass is 10.0. The maximum Gasteiger partial charge on any atom is 0.410 e. The Labute approximate surface area is 243 Å². The maximum absolute atomic E-state index is 12.6. The minimum Gasteiger partial charge on any atom is -0.488 e. The lowest BCUT2D eigenvalue weighted by Gasteiger charge is -2.42. The molecule has 9 nitrogen and oxygen atoms in total. The second-order valence-corrected chi connectivity index (χ2v) is 12.2. The van der Waals surface area contributed by atoms with Gasteiger partial charge in [-0.15, -0.1) is 0 Å². The van der Waals surface area contributed by atoms with Crippen molar-refractivity contribution in [2.75, 3.05) is 78.4 Å². The molecule has 2 fully saturated rings. The van der Waals surface area contributed by atoms with Crippen LogP contribution in [0, 0.1) is 0 Å². The number of hydrogen-bond donors (Lipinski definition) is 1. The van der Waals surface area contributed by atoms with Gasteiger partial charge in [0.25, 0.3) is 0 Å². The topological polar surface area (TPSA) is 72.9 Å². The Bertz CT molecular complexity index is 1020. The standard InChI is InChI=1S/C23H33BrN4O3.C6H14N2/c1-7-16-13-17-19(25-8-2)20(18(16)24)30-12-9-26-21(17)28-11-10-27(14-15(28)3)22(29)31-23(4,5)6;1-7-3-5-8(2)6-4-7/h8,13,15,25H,2,7,9-12,14H2,1,3-6H3;3-6H2,1-2H3. The number of nitrogens with one attached hydrogen (secondary N) is 1. The van der Waals surface area contributed by atoms with Crippen molar-refractivity contribution in [1.29, 1.82) is 0 Å². The first-order valence-electron chi connectivity index (χ1n) is 14.0. The summed E-state index contributed by atoms with van der Waals surface area (Å²) in [6, 6.07) is 2.26. The van der Waals surface area contributed by atoms with Crippen molar-refractivity contribution in [1.82, 2.24) is 19.6 Å². The summed E-state index contributed by atoms with van der Waals surface area (Å²) in [5.41, 5.74) is 2.51. The number of fused-ring (bicyclic) bond motifs is 2. The first-order chi connectivity index (χ1) is 18.4. The van der Waals surface area contributed by atoms with Gasteiger partial charge in [-0.05, 0) is 82.0 Å². The molecule has 1 aromatic rings. The Kier molecular flexibility index (Phi) is 11.1. The fourth-order valence-corrected chi connectivity index (χ4v) is 5.51. The molecule has 3 aliphatic heterocycles. The first-order valence-corrected chi connectivity index (χ1v) is 14.8. The smallest absolute Gasteiger partial charge is 0.410 e. The molecule has 2 bridgehead atoms. The largest absolute Gasteiger partial charge is 0.488 e. The van der Waals surface area contributed by atoms with Gasteiger partial charge >= 0.3 is 6.09 Å². The fraction of sp³-hybridized carbons (Fsp3) is 0.655. The van der Waals surface area contributed by atoms with Gasteiger partial charge in [-0.1, -0.05) is 13.5 Å². The second kappa shape index (κ2) is 13.9. The molecular formula is C29H47BrN6O3. The highest BCUT2D eigenvalue weighted by molar-refractivity contribution is 9.10. The van der Waals surface area contributed by atoms with Gasteiger partial charge in [0.05, 0.1) is 16.7 Å². The van der Waals surface area contributed by atoms with Crippen LogP contribution in [-0.4, -0.2) is 116 Å². The number of ether oxygens (including phenoxy) is 2. The van der Waals surface area contributed by atoms with Gasteiger partial charge in [0.2, 0.25) is 0 Å². The molecule has 1 unspecified atom stereocenters. The third-order valence-corrected chi connectivity index (χ3v) is 7.91. The highest BCUT2D eigenvalue weighted by Crippen LogP contribution is 2.41. The molecule has 39 heavy (non-hydrogen) atoms. The first kappa shape index (κ1) is 31.2. The maximum atomic E-state index is 12.6. The van der Waals surface area contributed by atoms with E-state index >= 15 is 0 Å². The lowest BCUT2D eigenvalue weighted by Crippen LogP contribution is -2.56. The van der Waals surface area contributed by atoms with Crippen molar-refractivity contribution in [3.05, 3.63) is 34.4 Å². The van der Waals surface area contributed by atoms with Gasteiger partial charge in [-0.3, -0.25) is 4.99 Å². The third-order valence-electron chi connectivity index (χ3n) is 7.04. The lowest BCUT2D eigenvalue weighted by molar-refractivity contribution is 0.0134. The number of aliphatic imine (C=N–C) groups is 1. The number of likely N-dealkylation sites (N-methyl/N-ethyl adjacent to an activating group) is 2. The summed E-state index contributed by atoms with van der Waals surface area (Å²) in [5.74, 6) is 1.72. The van der Waals surface area contributed by atoms with Crippen molar-refractivity contribution in [3.63, 3.8) is 0 Å². The Morgan fingerprint density at radius 1 is 1.21 bits per heavy atom. The van der Waals surface area contributed by atoms with Crippen LogP contribution in [0.4, 0.5) is 10.5 Å². The van der Waals surface area contributed by atoms with Crippen LogP contribution >= 0.6 is 15.9 Å². The SMILES string of the molecule is C=CNc1c2cc(CC)c(Br)c1OCCN=C2N1CCN(C(=O)OC(C)(C)C)CC1C.CN1CCN(C)CC1. The van der Waals surface area contributed by atoms with Gasteiger partial charge < -0.3 is 34.4 Å². The van der Waals surface area contributed by atoms with Crippen LogP contribution in [0.3, 0.4) is 0 Å². The van der Waals surface area contributed by atoms with Crippen molar-refractivity contribution >= 4 is 33.5 Å². The summed E-state index contributed by atoms with van der Waals surface area (Å²) in [5, 5.41) is 3.26. The molecule has 10 heteroatoms. The number of carbonyl (C=O) groups is 1. The number of nitrogens with zero attached hydrogens (tertiary/aromatic N) is 5. The van der Waals surface area contributed by atoms with Gasteiger partial charge in [0, 0.05) is 57.4 Å². The average Bonchev–Trinajstić information content (AvgIpc) is 2.87. The van der Waals surface area contributed by atoms with Gasteiger partial charge in [0.1, 0.15) is 18.0 Å². The predicted octanol–water partition coefficient (Wildman–Crippen LogP) is 4.51. The molecule has 1 aromatic carbocycles. The molecule has 0 aromatic heterocycles. The number of benzene rings is 1. The van der Waals surface area contributed by atoms with Crippen LogP contribution in [0.25, 0.3) is 0 Å². The summed E-state index contributed by atoms with van der Waals surface area (Å²) in [6.07, 6.45) is 2.26. The second-order valence-electron chi connectivity index (χ2n) is 11.4. The zero-order valence-corrected chi connectivity index (χ0v) is 26.4. The molecule has 3 heterocycles. The number of carbonyl (C=O) groups excluding carboxylic acids is 1. The van der Waals surface area contributed by atoms with E-state index in [1.165, 1.54) is 26.2 Å². The van der Waals surface area contributed by atoms with Crippen LogP contribution in [0.1, 0.15) is 45.7 Å². The summed E-state index contributed by atoms with van der Waals surface area (Å²) in [4.78, 5) is 26.3. The molecule has 1 N–H and O–H groups in total. The summed E-state index contributed by atoms with van der Waals surface area (Å²) < 4.78 is 12.6. The number of amides is 1. The van der Waals surface area contributed by atoms with E-state index in [1.807, 2.05) is 20.8 Å². The van der Waals surface area contributed by atoms with Gasteiger partial charge in [0.15, 0.2) is 5.75 Å². The Morgan fingerprint density at radius 3 is 2.38 bits per heavy atom. The molecule has 218 valence electrons. The van der Waals surface area contributed by atoms with Crippen LogP contribution in [0.2, 0.25) is 0 Å². The minimum absolute atomic E-state index is 0.0918. The molecule has 2 saturated heterocycles. The fourth-order valence-electron chi connectivity index (χ4n) is 4.80. The number of amidine groups is 1. The monoisotopic (exact) mass is 606 g/mol. The molecule has 1 atom stereocenters. The molecule has 0 spiro atoms. The number of rotatable bonds is 3. The molecular weight excluding hydrogens is 560 g/mol. The minimum atomic E-state index is -0.503. The quantitative estimate of drug-likeness (QED) is 0.542. The van der Waals surface area contributed by atoms with E-state index in [1.54, 1.807) is 11.1 Å². The van der Waals surface area contributed by atoms with E-state index in [0.29, 0.717) is 32.8 Å². The van der Waals surface area contributed by atoms with Crippen LogP contribution in [0.15, 0.2) is 28.3 Å². The van der Waals surface area contributed by atoms with Crippen molar-refractivity contribution in [2.45, 2.75) is 52.7 Å². The van der Waals surface area contributed by atoms with Crippen molar-refractivity contribution in [2.24, 2.45) is 4.99 Å². The van der Waals surface area contributed by atoms with Crippen LogP contribution in [0.5, 0.6) is 5.75 Å². The summed E-state index contributed by atoms with van der Waals surface area (Å²) in [6.45, 7) is 21.6. The van der Waals surface area contributed by atoms with E-state index in [4.69, 9.17) is 14.5 Å². The van der Waals surface area contributed by atoms with Crippen molar-refractivity contribution in [3.8, 4) is 5.75 Å². The van der Waals surface area contributed by atoms with Crippen LogP contribution < -0.4 is 10.1 Å². The molecule has 0 radical (unpaired) electrons. The van der Waals surface area contributed by atoms with E-state index in [0.717, 1.165) is 39.3 Å². The van der Waals surface area contributed by atoms with Gasteiger partial charge in [-0.2, -0.15) is 0 Å². The number of hydrogen-bond acceptors (Lipinski definition) is 8. The summed E-state index contributed by atoms with van der Waals surface area (Å²) >= 11 is 3.72. The number of aryl methyl sites for hydroxylation is 1. The third kappa shape index (κ3) is 8.35. The molecule has 1 amide bonds. The number of halogens is 1. The average molecular weight is 608 g/mol. The normalized spacial score (nSPS) is 20.5. The van der Waals surface area contributed by atoms with E-state index in [9.17, 15) is 4.79 Å². The number of anilines is 1. The highest BCUT2D eigenvalue weighted by atomic mass is 79.9. The van der Waals surface area contributed by atoms with E-state index in [-0.39, 0.29) is 12.1 Å². The van der Waals surface area contributed by atoms with Gasteiger partial charge in [-0.25, -0.2) is 4.79 Å². The Morgan fingerprint density at radius 2 is 1.85 bits per heavy atom. The van der Waals surface area contributed by atoms with Crippen LogP contribution in [-0.2, 0) is 11.2 Å². The zero-order chi connectivity index (χ0) is 28.7. The number of piperazine rings is 2. The van der Waals surface area contributed by atoms with E-state index in [2.05, 4.69) is 76.5 Å².